The zero-order chi connectivity index (χ0) is 19.5. The maximum absolute atomic E-state index is 11.6. The van der Waals surface area contributed by atoms with Crippen molar-refractivity contribution >= 4 is 11.7 Å². The van der Waals surface area contributed by atoms with Gasteiger partial charge in [-0.05, 0) is 64.9 Å². The van der Waals surface area contributed by atoms with Crippen LogP contribution >= 0.6 is 0 Å². The Morgan fingerprint density at radius 1 is 0.966 bits per heavy atom. The lowest BCUT2D eigenvalue weighted by molar-refractivity contribution is 0.0696. The molecule has 6 rings (SSSR count). The minimum atomic E-state index is -0.895. The van der Waals surface area contributed by atoms with Crippen molar-refractivity contribution in [3.8, 4) is 11.5 Å². The van der Waals surface area contributed by atoms with Crippen molar-refractivity contribution in [1.29, 1.82) is 0 Å². The van der Waals surface area contributed by atoms with Gasteiger partial charge in [0.05, 0.1) is 11.6 Å². The molecule has 2 aliphatic heterocycles. The minimum Gasteiger partial charge on any atom is -0.478 e. The van der Waals surface area contributed by atoms with E-state index in [-0.39, 0.29) is 18.8 Å². The van der Waals surface area contributed by atoms with Gasteiger partial charge in [-0.1, -0.05) is 30.3 Å². The molecule has 0 fully saturated rings. The quantitative estimate of drug-likeness (QED) is 0.676. The summed E-state index contributed by atoms with van der Waals surface area (Å²) in [5, 5.41) is 13.2. The van der Waals surface area contributed by atoms with E-state index in [9.17, 15) is 9.90 Å². The summed E-state index contributed by atoms with van der Waals surface area (Å²) in [6.45, 7) is 0.259. The first-order valence-corrected chi connectivity index (χ1v) is 9.80. The normalized spacial score (nSPS) is 23.0. The third kappa shape index (κ3) is 2.43. The lowest BCUT2D eigenvalue weighted by Crippen LogP contribution is -2.30. The maximum Gasteiger partial charge on any atom is 0.335 e. The number of aromatic carboxylic acids is 1. The number of benzene rings is 3. The smallest absolute Gasteiger partial charge is 0.335 e. The molecule has 3 aromatic rings. The molecule has 0 amide bonds. The first kappa shape index (κ1) is 16.5. The second-order valence-electron chi connectivity index (χ2n) is 7.89. The molecule has 0 unspecified atom stereocenters. The molecular weight excluding hydrogens is 366 g/mol. The summed E-state index contributed by atoms with van der Waals surface area (Å²) in [5.74, 6) is 1.13. The topological polar surface area (TPSA) is 67.8 Å². The number of fused-ring (bicyclic) bond motifs is 6. The number of ether oxygens (including phenoxy) is 2. The van der Waals surface area contributed by atoms with Crippen LogP contribution in [-0.2, 0) is 6.42 Å². The zero-order valence-corrected chi connectivity index (χ0v) is 15.6. The molecule has 2 N–H and O–H groups in total. The molecule has 5 nitrogen and oxygen atoms in total. The van der Waals surface area contributed by atoms with Crippen LogP contribution in [-0.4, -0.2) is 17.9 Å². The van der Waals surface area contributed by atoms with E-state index in [1.165, 1.54) is 11.1 Å². The van der Waals surface area contributed by atoms with Gasteiger partial charge in [0, 0.05) is 11.6 Å². The van der Waals surface area contributed by atoms with Crippen LogP contribution in [0.5, 0.6) is 11.5 Å². The fourth-order valence-electron chi connectivity index (χ4n) is 5.13. The summed E-state index contributed by atoms with van der Waals surface area (Å²) in [5.41, 5.74) is 6.19. The Morgan fingerprint density at radius 2 is 1.83 bits per heavy atom. The van der Waals surface area contributed by atoms with E-state index in [0.29, 0.717) is 11.5 Å². The third-order valence-electron chi connectivity index (χ3n) is 6.40. The molecule has 0 spiro atoms. The fraction of sp³-hybridized carbons (Fsp3) is 0.208. The van der Waals surface area contributed by atoms with E-state index < -0.39 is 5.97 Å². The summed E-state index contributed by atoms with van der Waals surface area (Å²) < 4.78 is 11.1. The van der Waals surface area contributed by atoms with Crippen LogP contribution < -0.4 is 14.8 Å². The van der Waals surface area contributed by atoms with E-state index in [1.54, 1.807) is 6.07 Å². The highest BCUT2D eigenvalue weighted by molar-refractivity contribution is 5.89. The van der Waals surface area contributed by atoms with Crippen LogP contribution in [0.1, 0.15) is 44.6 Å². The molecule has 1 aliphatic carbocycles. The second-order valence-corrected chi connectivity index (χ2v) is 7.89. The molecule has 5 heteroatoms. The van der Waals surface area contributed by atoms with Gasteiger partial charge < -0.3 is 19.9 Å². The van der Waals surface area contributed by atoms with Crippen molar-refractivity contribution in [2.24, 2.45) is 5.92 Å². The van der Waals surface area contributed by atoms with Crippen LogP contribution in [0.15, 0.2) is 60.7 Å². The number of carbonyl (C=O) groups is 1. The van der Waals surface area contributed by atoms with Crippen molar-refractivity contribution in [1.82, 2.24) is 0 Å². The number of carboxylic acid groups (broad SMARTS) is 1. The number of anilines is 1. The van der Waals surface area contributed by atoms with Crippen molar-refractivity contribution in [2.75, 3.05) is 12.1 Å². The number of rotatable bonds is 2. The second kappa shape index (κ2) is 6.01. The molecule has 144 valence electrons. The largest absolute Gasteiger partial charge is 0.478 e. The van der Waals surface area contributed by atoms with Gasteiger partial charge >= 0.3 is 5.97 Å². The van der Waals surface area contributed by atoms with E-state index in [2.05, 4.69) is 41.7 Å². The average molecular weight is 385 g/mol. The summed E-state index contributed by atoms with van der Waals surface area (Å²) in [6.07, 6.45) is 0.948. The van der Waals surface area contributed by atoms with Gasteiger partial charge in [0.25, 0.3) is 0 Å². The molecule has 0 aromatic heterocycles. The summed E-state index contributed by atoms with van der Waals surface area (Å²) >= 11 is 0. The number of carboxylic acids is 1. The van der Waals surface area contributed by atoms with Gasteiger partial charge in [-0.2, -0.15) is 0 Å². The van der Waals surface area contributed by atoms with Crippen LogP contribution in [0, 0.1) is 5.92 Å². The summed E-state index contributed by atoms with van der Waals surface area (Å²) in [4.78, 5) is 11.6. The molecule has 3 aromatic carbocycles. The molecule has 3 atom stereocenters. The Kier molecular flexibility index (Phi) is 3.42. The Morgan fingerprint density at radius 3 is 2.72 bits per heavy atom. The van der Waals surface area contributed by atoms with Crippen LogP contribution in [0.25, 0.3) is 0 Å². The van der Waals surface area contributed by atoms with E-state index in [4.69, 9.17) is 9.47 Å². The first-order chi connectivity index (χ1) is 14.2. The third-order valence-corrected chi connectivity index (χ3v) is 6.40. The molecular formula is C24H19NO4. The van der Waals surface area contributed by atoms with Gasteiger partial charge in [-0.3, -0.25) is 0 Å². The Bertz CT molecular complexity index is 1160. The molecule has 2 heterocycles. The number of hydrogen-bond donors (Lipinski definition) is 2. The summed E-state index contributed by atoms with van der Waals surface area (Å²) in [7, 11) is 0. The summed E-state index contributed by atoms with van der Waals surface area (Å²) in [6, 6.07) is 20.2. The van der Waals surface area contributed by atoms with E-state index in [1.807, 2.05) is 18.2 Å². The van der Waals surface area contributed by atoms with Gasteiger partial charge in [0.2, 0.25) is 6.79 Å². The SMILES string of the molecule is O=C(O)c1ccc2c(c1)[C@@H]1c3ccccc3C[C@H]1[C@@H](c1ccc3c(c1)OCO3)N2. The molecule has 0 saturated heterocycles. The highest BCUT2D eigenvalue weighted by Gasteiger charge is 2.43. The Labute approximate surface area is 167 Å². The molecule has 3 aliphatic rings. The standard InChI is InChI=1S/C24H19NO4/c26-24(27)15-5-7-19-17(10-15)22-16-4-2-1-3-13(16)9-18(22)23(25-19)14-6-8-20-21(11-14)29-12-28-20/h1-8,10-11,18,22-23,25H,9,12H2,(H,26,27)/t18-,22+,23-/m1/s1. The van der Waals surface area contributed by atoms with E-state index >= 15 is 0 Å². The minimum absolute atomic E-state index is 0.102. The number of nitrogens with one attached hydrogen (secondary N) is 1. The van der Waals surface area contributed by atoms with Crippen LogP contribution in [0.3, 0.4) is 0 Å². The predicted molar refractivity (Wildman–Crippen MR) is 108 cm³/mol. The average Bonchev–Trinajstić information content (AvgIpc) is 3.36. The zero-order valence-electron chi connectivity index (χ0n) is 15.6. The van der Waals surface area contributed by atoms with Crippen molar-refractivity contribution in [2.45, 2.75) is 18.4 Å². The monoisotopic (exact) mass is 385 g/mol. The van der Waals surface area contributed by atoms with Crippen LogP contribution in [0.2, 0.25) is 0 Å². The van der Waals surface area contributed by atoms with Gasteiger partial charge in [-0.15, -0.1) is 0 Å². The van der Waals surface area contributed by atoms with Gasteiger partial charge in [-0.25, -0.2) is 4.79 Å². The molecule has 0 bridgehead atoms. The highest BCUT2D eigenvalue weighted by Crippen LogP contribution is 2.54. The number of hydrogen-bond acceptors (Lipinski definition) is 4. The van der Waals surface area contributed by atoms with Crippen molar-refractivity contribution < 1.29 is 19.4 Å². The van der Waals surface area contributed by atoms with E-state index in [0.717, 1.165) is 34.7 Å². The fourth-order valence-corrected chi connectivity index (χ4v) is 5.13. The highest BCUT2D eigenvalue weighted by atomic mass is 16.7. The van der Waals surface area contributed by atoms with Gasteiger partial charge in [0.15, 0.2) is 11.5 Å². The van der Waals surface area contributed by atoms with Crippen molar-refractivity contribution in [3.63, 3.8) is 0 Å². The van der Waals surface area contributed by atoms with Gasteiger partial charge in [0.1, 0.15) is 0 Å². The molecule has 29 heavy (non-hydrogen) atoms. The Balaban J connectivity index is 1.51. The molecule has 0 saturated carbocycles. The Hall–Kier alpha value is -3.47. The maximum atomic E-state index is 11.6. The first-order valence-electron chi connectivity index (χ1n) is 9.80. The lowest BCUT2D eigenvalue weighted by atomic mass is 9.75. The molecule has 0 radical (unpaired) electrons. The van der Waals surface area contributed by atoms with Crippen molar-refractivity contribution in [3.05, 3.63) is 88.5 Å². The van der Waals surface area contributed by atoms with Crippen LogP contribution in [0.4, 0.5) is 5.69 Å². The lowest BCUT2D eigenvalue weighted by Gasteiger charge is -2.38. The predicted octanol–water partition coefficient (Wildman–Crippen LogP) is 4.58.